The van der Waals surface area contributed by atoms with E-state index < -0.39 is 0 Å². The van der Waals surface area contributed by atoms with Gasteiger partial charge in [-0.15, -0.1) is 11.3 Å². The van der Waals surface area contributed by atoms with Gasteiger partial charge in [-0.3, -0.25) is 0 Å². The van der Waals surface area contributed by atoms with Crippen LogP contribution in [0.3, 0.4) is 0 Å². The van der Waals surface area contributed by atoms with Crippen LogP contribution in [0, 0.1) is 6.92 Å². The summed E-state index contributed by atoms with van der Waals surface area (Å²) in [5.74, 6) is 0.911. The number of nitrogens with one attached hydrogen (secondary N) is 1. The highest BCUT2D eigenvalue weighted by Gasteiger charge is 2.15. The van der Waals surface area contributed by atoms with Crippen LogP contribution in [-0.4, -0.2) is 13.7 Å². The third-order valence-corrected chi connectivity index (χ3v) is 4.14. The first-order chi connectivity index (χ1) is 9.24. The maximum absolute atomic E-state index is 5.33. The topological polar surface area (TPSA) is 21.3 Å². The second-order valence-corrected chi connectivity index (χ2v) is 5.93. The van der Waals surface area contributed by atoms with E-state index >= 15 is 0 Å². The smallest absolute Gasteiger partial charge is 0.119 e. The number of rotatable bonds is 6. The molecule has 0 saturated carbocycles. The first-order valence-corrected chi connectivity index (χ1v) is 7.50. The summed E-state index contributed by atoms with van der Waals surface area (Å²) >= 11 is 1.85. The zero-order valence-corrected chi connectivity index (χ0v) is 12.6. The summed E-state index contributed by atoms with van der Waals surface area (Å²) in [7, 11) is 1.71. The van der Waals surface area contributed by atoms with Crippen LogP contribution in [0.4, 0.5) is 0 Å². The summed E-state index contributed by atoms with van der Waals surface area (Å²) < 4.78 is 5.33. The molecule has 1 aromatic heterocycles. The van der Waals surface area contributed by atoms with Crippen LogP contribution >= 0.6 is 11.3 Å². The van der Waals surface area contributed by atoms with E-state index in [0.29, 0.717) is 0 Å². The van der Waals surface area contributed by atoms with Crippen molar-refractivity contribution in [3.05, 3.63) is 51.7 Å². The van der Waals surface area contributed by atoms with Crippen molar-refractivity contribution in [3.8, 4) is 5.75 Å². The second kappa shape index (κ2) is 6.73. The molecule has 2 rings (SSSR count). The summed E-state index contributed by atoms with van der Waals surface area (Å²) in [6, 6.07) is 13.0. The molecule has 0 bridgehead atoms. The molecular formula is C16H21NOS. The fraction of sp³-hybridized carbons (Fsp3) is 0.375. The van der Waals surface area contributed by atoms with Gasteiger partial charge in [-0.05, 0) is 49.7 Å². The normalized spacial score (nSPS) is 12.4. The average Bonchev–Trinajstić information content (AvgIpc) is 2.86. The van der Waals surface area contributed by atoms with E-state index in [1.54, 1.807) is 7.11 Å². The van der Waals surface area contributed by atoms with Crippen LogP contribution in [0.5, 0.6) is 5.75 Å². The maximum atomic E-state index is 5.33. The number of hydrogen-bond donors (Lipinski definition) is 1. The van der Waals surface area contributed by atoms with Gasteiger partial charge in [0.05, 0.1) is 13.2 Å². The Balaban J connectivity index is 2.30. The van der Waals surface area contributed by atoms with Gasteiger partial charge in [0.2, 0.25) is 0 Å². The predicted molar refractivity (Wildman–Crippen MR) is 82.2 cm³/mol. The van der Waals surface area contributed by atoms with E-state index in [0.717, 1.165) is 18.7 Å². The Hall–Kier alpha value is -1.32. The van der Waals surface area contributed by atoms with Gasteiger partial charge in [-0.1, -0.05) is 19.1 Å². The van der Waals surface area contributed by atoms with Crippen molar-refractivity contribution in [2.45, 2.75) is 26.3 Å². The van der Waals surface area contributed by atoms with Crippen molar-refractivity contribution in [3.63, 3.8) is 0 Å². The van der Waals surface area contributed by atoms with E-state index in [1.807, 2.05) is 17.4 Å². The molecule has 2 nitrogen and oxygen atoms in total. The molecule has 0 fully saturated rings. The van der Waals surface area contributed by atoms with Gasteiger partial charge < -0.3 is 10.1 Å². The van der Waals surface area contributed by atoms with Crippen LogP contribution in [0.2, 0.25) is 0 Å². The third-order valence-electron chi connectivity index (χ3n) is 3.07. The monoisotopic (exact) mass is 275 g/mol. The molecule has 0 amide bonds. The first kappa shape index (κ1) is 14.1. The van der Waals surface area contributed by atoms with Crippen LogP contribution in [0.25, 0.3) is 0 Å². The minimum absolute atomic E-state index is 0.258. The largest absolute Gasteiger partial charge is 0.497 e. The van der Waals surface area contributed by atoms with Gasteiger partial charge in [0, 0.05) is 9.75 Å². The van der Waals surface area contributed by atoms with E-state index in [2.05, 4.69) is 49.5 Å². The standard InChI is InChI=1S/C16H21NOS/c1-4-10-17-16(15-9-8-12(2)19-15)13-6-5-7-14(11-13)18-3/h5-9,11,16-17H,4,10H2,1-3H3. The van der Waals surface area contributed by atoms with Crippen LogP contribution in [0.1, 0.15) is 34.7 Å². The Labute approximate surface area is 119 Å². The number of benzene rings is 1. The third kappa shape index (κ3) is 3.58. The minimum Gasteiger partial charge on any atom is -0.497 e. The van der Waals surface area contributed by atoms with Gasteiger partial charge in [0.1, 0.15) is 5.75 Å². The summed E-state index contributed by atoms with van der Waals surface area (Å²) in [5, 5.41) is 3.62. The molecule has 1 unspecified atom stereocenters. The minimum atomic E-state index is 0.258. The number of methoxy groups -OCH3 is 1. The van der Waals surface area contributed by atoms with E-state index in [9.17, 15) is 0 Å². The van der Waals surface area contributed by atoms with Gasteiger partial charge in [-0.25, -0.2) is 0 Å². The van der Waals surface area contributed by atoms with Gasteiger partial charge >= 0.3 is 0 Å². The lowest BCUT2D eigenvalue weighted by molar-refractivity contribution is 0.413. The van der Waals surface area contributed by atoms with Crippen molar-refractivity contribution in [2.75, 3.05) is 13.7 Å². The summed E-state index contributed by atoms with van der Waals surface area (Å²) in [6.45, 7) is 5.35. The molecule has 2 aromatic rings. The number of thiophene rings is 1. The lowest BCUT2D eigenvalue weighted by Crippen LogP contribution is -2.22. The Morgan fingerprint density at radius 3 is 2.74 bits per heavy atom. The molecule has 3 heteroatoms. The molecular weight excluding hydrogens is 254 g/mol. The van der Waals surface area contributed by atoms with Crippen LogP contribution < -0.4 is 10.1 Å². The zero-order chi connectivity index (χ0) is 13.7. The van der Waals surface area contributed by atoms with E-state index in [1.165, 1.54) is 15.3 Å². The highest BCUT2D eigenvalue weighted by Crippen LogP contribution is 2.30. The lowest BCUT2D eigenvalue weighted by atomic mass is 10.0. The second-order valence-electron chi connectivity index (χ2n) is 4.61. The molecule has 0 aliphatic rings. The molecule has 0 spiro atoms. The first-order valence-electron chi connectivity index (χ1n) is 6.68. The fourth-order valence-electron chi connectivity index (χ4n) is 2.10. The Morgan fingerprint density at radius 2 is 2.11 bits per heavy atom. The number of hydrogen-bond acceptors (Lipinski definition) is 3. The highest BCUT2D eigenvalue weighted by atomic mass is 32.1. The van der Waals surface area contributed by atoms with Crippen molar-refractivity contribution < 1.29 is 4.74 Å². The van der Waals surface area contributed by atoms with Crippen LogP contribution in [-0.2, 0) is 0 Å². The molecule has 102 valence electrons. The fourth-order valence-corrected chi connectivity index (χ4v) is 3.08. The molecule has 0 aliphatic carbocycles. The SMILES string of the molecule is CCCNC(c1cccc(OC)c1)c1ccc(C)s1. The quantitative estimate of drug-likeness (QED) is 0.855. The van der Waals surface area contributed by atoms with Gasteiger partial charge in [-0.2, -0.15) is 0 Å². The molecule has 1 atom stereocenters. The predicted octanol–water partition coefficient (Wildman–Crippen LogP) is 4.15. The maximum Gasteiger partial charge on any atom is 0.119 e. The van der Waals surface area contributed by atoms with Gasteiger partial charge in [0.15, 0.2) is 0 Å². The number of ether oxygens (including phenoxy) is 1. The van der Waals surface area contributed by atoms with Crippen LogP contribution in [0.15, 0.2) is 36.4 Å². The number of aryl methyl sites for hydroxylation is 1. The lowest BCUT2D eigenvalue weighted by Gasteiger charge is -2.18. The summed E-state index contributed by atoms with van der Waals surface area (Å²) in [5.41, 5.74) is 1.26. The molecule has 0 saturated heterocycles. The highest BCUT2D eigenvalue weighted by molar-refractivity contribution is 7.12. The molecule has 0 radical (unpaired) electrons. The van der Waals surface area contributed by atoms with E-state index in [4.69, 9.17) is 4.74 Å². The van der Waals surface area contributed by atoms with E-state index in [-0.39, 0.29) is 6.04 Å². The van der Waals surface area contributed by atoms with Crippen molar-refractivity contribution in [1.29, 1.82) is 0 Å². The molecule has 1 aromatic carbocycles. The Kier molecular flexibility index (Phi) is 5.00. The van der Waals surface area contributed by atoms with Crippen molar-refractivity contribution >= 4 is 11.3 Å². The Morgan fingerprint density at radius 1 is 1.26 bits per heavy atom. The summed E-state index contributed by atoms with van der Waals surface area (Å²) in [6.07, 6.45) is 1.13. The Bertz CT molecular complexity index is 521. The molecule has 1 heterocycles. The summed E-state index contributed by atoms with van der Waals surface area (Å²) in [4.78, 5) is 2.71. The van der Waals surface area contributed by atoms with Crippen molar-refractivity contribution in [2.24, 2.45) is 0 Å². The molecule has 19 heavy (non-hydrogen) atoms. The van der Waals surface area contributed by atoms with Crippen molar-refractivity contribution in [1.82, 2.24) is 5.32 Å². The van der Waals surface area contributed by atoms with Gasteiger partial charge in [0.25, 0.3) is 0 Å². The molecule has 0 aliphatic heterocycles. The average molecular weight is 275 g/mol. The zero-order valence-electron chi connectivity index (χ0n) is 11.8. The molecule has 1 N–H and O–H groups in total.